The predicted molar refractivity (Wildman–Crippen MR) is 93.0 cm³/mol. The fourth-order valence-corrected chi connectivity index (χ4v) is 3.25. The molecule has 114 valence electrons. The molecule has 3 nitrogen and oxygen atoms in total. The lowest BCUT2D eigenvalue weighted by atomic mass is 10.2. The van der Waals surface area contributed by atoms with Crippen molar-refractivity contribution in [2.75, 3.05) is 0 Å². The Kier molecular flexibility index (Phi) is 6.30. The smallest absolute Gasteiger partial charge is 0.138 e. The maximum atomic E-state index is 5.95. The molecule has 1 heterocycles. The van der Waals surface area contributed by atoms with E-state index in [9.17, 15) is 0 Å². The van der Waals surface area contributed by atoms with Gasteiger partial charge in [0.25, 0.3) is 0 Å². The van der Waals surface area contributed by atoms with Gasteiger partial charge >= 0.3 is 0 Å². The van der Waals surface area contributed by atoms with E-state index in [-0.39, 0.29) is 0 Å². The number of ether oxygens (including phenoxy) is 1. The van der Waals surface area contributed by atoms with Gasteiger partial charge in [-0.2, -0.15) is 5.10 Å². The number of rotatable bonds is 7. The average Bonchev–Trinajstić information content (AvgIpc) is 2.96. The first-order valence-corrected chi connectivity index (χ1v) is 9.11. The fourth-order valence-electron chi connectivity index (χ4n) is 2.29. The van der Waals surface area contributed by atoms with Crippen LogP contribution >= 0.6 is 31.9 Å². The maximum absolute atomic E-state index is 5.95. The van der Waals surface area contributed by atoms with Crippen molar-refractivity contribution in [3.63, 3.8) is 0 Å². The molecule has 0 fully saturated rings. The highest BCUT2D eigenvalue weighted by Crippen LogP contribution is 2.31. The number of hydrogen-bond acceptors (Lipinski definition) is 2. The maximum Gasteiger partial charge on any atom is 0.138 e. The number of halogens is 2. The summed E-state index contributed by atoms with van der Waals surface area (Å²) in [7, 11) is 0. The standard InChI is InChI=1S/C16H20Br2N2O/c1-3-14(4-2)20-9-8-13(19-20)11-21-16-12(10-17)6-5-7-15(16)18/h5-9,14H,3-4,10-11H2,1-2H3. The van der Waals surface area contributed by atoms with Gasteiger partial charge in [-0.25, -0.2) is 0 Å². The van der Waals surface area contributed by atoms with Crippen molar-refractivity contribution in [3.8, 4) is 5.75 Å². The van der Waals surface area contributed by atoms with E-state index in [1.807, 2.05) is 29.1 Å². The third-order valence-electron chi connectivity index (χ3n) is 3.54. The molecule has 0 unspecified atom stereocenters. The second-order valence-electron chi connectivity index (χ2n) is 4.91. The Morgan fingerprint density at radius 3 is 2.67 bits per heavy atom. The average molecular weight is 416 g/mol. The fraction of sp³-hybridized carbons (Fsp3) is 0.438. The topological polar surface area (TPSA) is 27.1 Å². The first-order valence-electron chi connectivity index (χ1n) is 7.19. The zero-order valence-corrected chi connectivity index (χ0v) is 15.5. The highest BCUT2D eigenvalue weighted by Gasteiger charge is 2.10. The van der Waals surface area contributed by atoms with E-state index in [0.717, 1.165) is 39.7 Å². The van der Waals surface area contributed by atoms with Gasteiger partial charge in [0, 0.05) is 17.1 Å². The molecule has 1 aromatic heterocycles. The molecule has 0 spiro atoms. The van der Waals surface area contributed by atoms with Crippen molar-refractivity contribution < 1.29 is 4.74 Å². The van der Waals surface area contributed by atoms with Gasteiger partial charge in [-0.1, -0.05) is 41.9 Å². The Bertz CT molecular complexity index is 579. The molecule has 0 saturated carbocycles. The first-order chi connectivity index (χ1) is 10.2. The first kappa shape index (κ1) is 16.6. The van der Waals surface area contributed by atoms with Crippen LogP contribution in [0.15, 0.2) is 34.9 Å². The van der Waals surface area contributed by atoms with Gasteiger partial charge in [0.2, 0.25) is 0 Å². The minimum Gasteiger partial charge on any atom is -0.486 e. The lowest BCUT2D eigenvalue weighted by molar-refractivity contribution is 0.293. The van der Waals surface area contributed by atoms with Crippen molar-refractivity contribution in [1.82, 2.24) is 9.78 Å². The third-order valence-corrected chi connectivity index (χ3v) is 4.77. The second-order valence-corrected chi connectivity index (χ2v) is 6.32. The van der Waals surface area contributed by atoms with E-state index in [1.165, 1.54) is 0 Å². The molecule has 0 aliphatic rings. The molecule has 5 heteroatoms. The Morgan fingerprint density at radius 1 is 1.24 bits per heavy atom. The molecule has 0 saturated heterocycles. The van der Waals surface area contributed by atoms with Gasteiger partial charge in [-0.05, 0) is 40.9 Å². The molecule has 0 aliphatic carbocycles. The second kappa shape index (κ2) is 7.99. The number of benzene rings is 1. The number of para-hydroxylation sites is 1. The molecule has 21 heavy (non-hydrogen) atoms. The van der Waals surface area contributed by atoms with Crippen LogP contribution in [0.25, 0.3) is 0 Å². The predicted octanol–water partition coefficient (Wildman–Crippen LogP) is 5.48. The van der Waals surface area contributed by atoms with Crippen molar-refractivity contribution in [3.05, 3.63) is 46.2 Å². The Morgan fingerprint density at radius 2 is 2.00 bits per heavy atom. The van der Waals surface area contributed by atoms with Gasteiger partial charge in [0.15, 0.2) is 0 Å². The van der Waals surface area contributed by atoms with Crippen LogP contribution in [0.3, 0.4) is 0 Å². The molecule has 0 N–H and O–H groups in total. The van der Waals surface area contributed by atoms with Crippen LogP contribution in [-0.2, 0) is 11.9 Å². The monoisotopic (exact) mass is 414 g/mol. The normalized spacial score (nSPS) is 11.1. The molecule has 2 aromatic rings. The van der Waals surface area contributed by atoms with Gasteiger partial charge in [-0.3, -0.25) is 4.68 Å². The quantitative estimate of drug-likeness (QED) is 0.559. The van der Waals surface area contributed by atoms with E-state index in [2.05, 4.69) is 56.9 Å². The van der Waals surface area contributed by atoms with Crippen molar-refractivity contribution in [2.45, 2.75) is 44.7 Å². The van der Waals surface area contributed by atoms with Gasteiger partial charge in [-0.15, -0.1) is 0 Å². The van der Waals surface area contributed by atoms with Crippen molar-refractivity contribution in [1.29, 1.82) is 0 Å². The van der Waals surface area contributed by atoms with Crippen LogP contribution in [0.5, 0.6) is 5.75 Å². The lowest BCUT2D eigenvalue weighted by Gasteiger charge is -2.13. The molecule has 0 amide bonds. The lowest BCUT2D eigenvalue weighted by Crippen LogP contribution is -2.08. The number of aromatic nitrogens is 2. The summed E-state index contributed by atoms with van der Waals surface area (Å²) in [5.41, 5.74) is 2.09. The SMILES string of the molecule is CCC(CC)n1ccc(COc2c(Br)cccc2CBr)n1. The molecule has 0 radical (unpaired) electrons. The van der Waals surface area contributed by atoms with E-state index in [4.69, 9.17) is 4.74 Å². The van der Waals surface area contributed by atoms with Gasteiger partial charge < -0.3 is 4.74 Å². The molecule has 1 aromatic carbocycles. The molecule has 0 bridgehead atoms. The zero-order valence-electron chi connectivity index (χ0n) is 12.4. The third kappa shape index (κ3) is 4.10. The van der Waals surface area contributed by atoms with Crippen LogP contribution in [-0.4, -0.2) is 9.78 Å². The van der Waals surface area contributed by atoms with Crippen LogP contribution in [0.2, 0.25) is 0 Å². The molecular formula is C16H20Br2N2O. The van der Waals surface area contributed by atoms with Crippen LogP contribution in [0.4, 0.5) is 0 Å². The number of nitrogens with zero attached hydrogens (tertiary/aromatic N) is 2. The largest absolute Gasteiger partial charge is 0.486 e. The van der Waals surface area contributed by atoms with E-state index in [1.54, 1.807) is 0 Å². The van der Waals surface area contributed by atoms with Gasteiger partial charge in [0.05, 0.1) is 16.2 Å². The summed E-state index contributed by atoms with van der Waals surface area (Å²) >= 11 is 7.03. The minimum atomic E-state index is 0.473. The van der Waals surface area contributed by atoms with E-state index >= 15 is 0 Å². The highest BCUT2D eigenvalue weighted by molar-refractivity contribution is 9.10. The Labute approximate surface area is 142 Å². The highest BCUT2D eigenvalue weighted by atomic mass is 79.9. The Balaban J connectivity index is 2.07. The molecule has 0 aliphatic heterocycles. The molecular weight excluding hydrogens is 396 g/mol. The Hall–Kier alpha value is -0.810. The summed E-state index contributed by atoms with van der Waals surface area (Å²) in [6.45, 7) is 4.86. The molecule has 0 atom stereocenters. The van der Waals surface area contributed by atoms with E-state index < -0.39 is 0 Å². The summed E-state index contributed by atoms with van der Waals surface area (Å²) in [6.07, 6.45) is 4.23. The van der Waals surface area contributed by atoms with Crippen LogP contribution in [0.1, 0.15) is 44.0 Å². The zero-order chi connectivity index (χ0) is 15.2. The van der Waals surface area contributed by atoms with Crippen LogP contribution < -0.4 is 4.74 Å². The van der Waals surface area contributed by atoms with Crippen LogP contribution in [0, 0.1) is 0 Å². The van der Waals surface area contributed by atoms with Crippen molar-refractivity contribution >= 4 is 31.9 Å². The molecule has 2 rings (SSSR count). The number of alkyl halides is 1. The summed E-state index contributed by atoms with van der Waals surface area (Å²) in [4.78, 5) is 0. The minimum absolute atomic E-state index is 0.473. The summed E-state index contributed by atoms with van der Waals surface area (Å²) in [5.74, 6) is 0.881. The summed E-state index contributed by atoms with van der Waals surface area (Å²) in [6, 6.07) is 8.56. The number of hydrogen-bond donors (Lipinski definition) is 0. The van der Waals surface area contributed by atoms with Gasteiger partial charge in [0.1, 0.15) is 12.4 Å². The van der Waals surface area contributed by atoms with Crippen molar-refractivity contribution in [2.24, 2.45) is 0 Å². The van der Waals surface area contributed by atoms with E-state index in [0.29, 0.717) is 12.6 Å². The summed E-state index contributed by atoms with van der Waals surface area (Å²) < 4.78 is 8.97. The summed E-state index contributed by atoms with van der Waals surface area (Å²) in [5, 5.41) is 5.38.